The van der Waals surface area contributed by atoms with Crippen molar-refractivity contribution in [1.29, 1.82) is 0 Å². The van der Waals surface area contributed by atoms with Crippen molar-refractivity contribution in [3.8, 4) is 46.0 Å². The first kappa shape index (κ1) is 19.6. The van der Waals surface area contributed by atoms with Gasteiger partial charge in [0.1, 0.15) is 0 Å². The van der Waals surface area contributed by atoms with Crippen LogP contribution < -0.4 is 23.8 Å². The summed E-state index contributed by atoms with van der Waals surface area (Å²) in [6.07, 6.45) is 0. The first-order chi connectivity index (χ1) is 17.3. The Hall–Kier alpha value is -4.90. The number of hydrogen-bond donors (Lipinski definition) is 0. The molecule has 0 N–H and O–H groups in total. The van der Waals surface area contributed by atoms with Crippen LogP contribution in [0.5, 0.6) is 46.0 Å². The van der Waals surface area contributed by atoms with E-state index in [1.807, 2.05) is 103 Å². The molecule has 0 saturated heterocycles. The Bertz CT molecular complexity index is 1470. The number of hydrogen-bond acceptors (Lipinski definition) is 5. The molecule has 5 aromatic carbocycles. The Morgan fingerprint density at radius 3 is 1.14 bits per heavy atom. The first-order valence-corrected chi connectivity index (χ1v) is 11.3. The van der Waals surface area contributed by atoms with Gasteiger partial charge in [-0.25, -0.2) is 0 Å². The van der Waals surface area contributed by atoms with Gasteiger partial charge < -0.3 is 23.8 Å². The maximum Gasteiger partial charge on any atom is 0.172 e. The Balaban J connectivity index is 1.31. The van der Waals surface area contributed by atoms with Crippen molar-refractivity contribution in [1.82, 2.24) is 0 Å². The van der Waals surface area contributed by atoms with Crippen molar-refractivity contribution in [2.45, 2.75) is 0 Å². The molecule has 2 aliphatic rings. The summed E-state index contributed by atoms with van der Waals surface area (Å²) in [5.41, 5.74) is 2.85. The van der Waals surface area contributed by atoms with Crippen molar-refractivity contribution in [3.05, 3.63) is 115 Å². The molecule has 5 aromatic rings. The third kappa shape index (κ3) is 3.42. The number of rotatable bonds is 3. The van der Waals surface area contributed by atoms with Crippen molar-refractivity contribution in [2.75, 3.05) is 4.90 Å². The van der Waals surface area contributed by atoms with Crippen LogP contribution >= 0.6 is 0 Å². The number of para-hydroxylation sites is 5. The van der Waals surface area contributed by atoms with E-state index >= 15 is 0 Å². The summed E-state index contributed by atoms with van der Waals surface area (Å²) >= 11 is 0. The molecule has 0 bridgehead atoms. The zero-order chi connectivity index (χ0) is 23.2. The van der Waals surface area contributed by atoms with Gasteiger partial charge in [-0.15, -0.1) is 0 Å². The van der Waals surface area contributed by atoms with Gasteiger partial charge in [0.05, 0.1) is 11.4 Å². The molecule has 0 atom stereocenters. The molecule has 168 valence electrons. The van der Waals surface area contributed by atoms with Crippen LogP contribution in [0.2, 0.25) is 0 Å². The van der Waals surface area contributed by atoms with Gasteiger partial charge in [-0.3, -0.25) is 0 Å². The fourth-order valence-electron chi connectivity index (χ4n) is 4.34. The number of benzene rings is 5. The van der Waals surface area contributed by atoms with E-state index in [0.29, 0.717) is 46.0 Å². The fraction of sp³-hybridized carbons (Fsp3) is 0. The molecule has 0 fully saturated rings. The molecule has 7 rings (SSSR count). The molecule has 0 radical (unpaired) electrons. The highest BCUT2D eigenvalue weighted by atomic mass is 16.6. The first-order valence-electron chi connectivity index (χ1n) is 11.3. The number of ether oxygens (including phenoxy) is 4. The minimum absolute atomic E-state index is 0.661. The molecule has 5 heteroatoms. The van der Waals surface area contributed by atoms with Crippen molar-refractivity contribution in [3.63, 3.8) is 0 Å². The van der Waals surface area contributed by atoms with Crippen LogP contribution in [-0.4, -0.2) is 0 Å². The smallest absolute Gasteiger partial charge is 0.172 e. The van der Waals surface area contributed by atoms with Crippen molar-refractivity contribution < 1.29 is 18.9 Å². The van der Waals surface area contributed by atoms with Gasteiger partial charge in [0, 0.05) is 17.8 Å². The van der Waals surface area contributed by atoms with Crippen LogP contribution in [0.1, 0.15) is 0 Å². The van der Waals surface area contributed by atoms with E-state index in [1.54, 1.807) is 0 Å². The molecule has 2 aliphatic heterocycles. The molecule has 0 aromatic heterocycles. The monoisotopic (exact) mass is 457 g/mol. The van der Waals surface area contributed by atoms with Crippen LogP contribution in [0.15, 0.2) is 115 Å². The normalized spacial score (nSPS) is 12.3. The van der Waals surface area contributed by atoms with Crippen LogP contribution in [0.25, 0.3) is 0 Å². The molecule has 0 unspecified atom stereocenters. The van der Waals surface area contributed by atoms with Crippen molar-refractivity contribution in [2.24, 2.45) is 0 Å². The number of fused-ring (bicyclic) bond motifs is 4. The zero-order valence-corrected chi connectivity index (χ0v) is 18.5. The predicted octanol–water partition coefficient (Wildman–Crippen LogP) is 8.95. The molecule has 0 amide bonds. The summed E-state index contributed by atoms with van der Waals surface area (Å²) in [5, 5.41) is 0. The maximum atomic E-state index is 6.17. The van der Waals surface area contributed by atoms with E-state index in [0.717, 1.165) is 17.1 Å². The largest absolute Gasteiger partial charge is 0.450 e. The van der Waals surface area contributed by atoms with Crippen LogP contribution in [0.3, 0.4) is 0 Å². The van der Waals surface area contributed by atoms with E-state index in [4.69, 9.17) is 18.9 Å². The minimum atomic E-state index is 0.661. The van der Waals surface area contributed by atoms with E-state index in [9.17, 15) is 0 Å². The third-order valence-electron chi connectivity index (χ3n) is 5.96. The standard InChI is InChI=1S/C30H19NO4/c1-2-8-20(9-3-1)31(21-14-16-27-29(18-21)34-25-12-6-4-10-23(25)32-27)22-15-17-28-30(19-22)35-26-13-7-5-11-24(26)33-28/h1-19H. The maximum absolute atomic E-state index is 6.17. The van der Waals surface area contributed by atoms with Gasteiger partial charge in [-0.05, 0) is 60.7 Å². The summed E-state index contributed by atoms with van der Waals surface area (Å²) < 4.78 is 24.4. The fourth-order valence-corrected chi connectivity index (χ4v) is 4.34. The lowest BCUT2D eigenvalue weighted by Crippen LogP contribution is -2.11. The number of anilines is 3. The van der Waals surface area contributed by atoms with Crippen molar-refractivity contribution >= 4 is 17.1 Å². The summed E-state index contributed by atoms with van der Waals surface area (Å²) in [6, 6.07) is 37.4. The molecule has 0 spiro atoms. The molecule has 35 heavy (non-hydrogen) atoms. The third-order valence-corrected chi connectivity index (χ3v) is 5.96. The van der Waals surface area contributed by atoms with Crippen LogP contribution in [0.4, 0.5) is 17.1 Å². The van der Waals surface area contributed by atoms with Gasteiger partial charge in [0.2, 0.25) is 0 Å². The lowest BCUT2D eigenvalue weighted by atomic mass is 10.1. The zero-order valence-electron chi connectivity index (χ0n) is 18.5. The predicted molar refractivity (Wildman–Crippen MR) is 134 cm³/mol. The molecule has 2 heterocycles. The SMILES string of the molecule is c1ccc(N(c2ccc3c(c2)Oc2ccccc2O3)c2ccc3c(c2)Oc2ccccc2O3)cc1. The Labute approximate surface area is 202 Å². The highest BCUT2D eigenvalue weighted by Gasteiger charge is 2.23. The van der Waals surface area contributed by atoms with Gasteiger partial charge >= 0.3 is 0 Å². The molecule has 5 nitrogen and oxygen atoms in total. The molecule has 0 aliphatic carbocycles. The van der Waals surface area contributed by atoms with Crippen LogP contribution in [0, 0.1) is 0 Å². The summed E-state index contributed by atoms with van der Waals surface area (Å²) in [5.74, 6) is 5.49. The van der Waals surface area contributed by atoms with Gasteiger partial charge in [-0.2, -0.15) is 0 Å². The minimum Gasteiger partial charge on any atom is -0.450 e. The van der Waals surface area contributed by atoms with E-state index in [-0.39, 0.29) is 0 Å². The Morgan fingerprint density at radius 2 is 0.686 bits per heavy atom. The van der Waals surface area contributed by atoms with E-state index in [2.05, 4.69) is 17.0 Å². The molecule has 0 saturated carbocycles. The lowest BCUT2D eigenvalue weighted by molar-refractivity contribution is 0.359. The van der Waals surface area contributed by atoms with E-state index in [1.165, 1.54) is 0 Å². The second-order valence-corrected chi connectivity index (χ2v) is 8.23. The second-order valence-electron chi connectivity index (χ2n) is 8.23. The highest BCUT2D eigenvalue weighted by Crippen LogP contribution is 2.50. The van der Waals surface area contributed by atoms with Gasteiger partial charge in [0.25, 0.3) is 0 Å². The van der Waals surface area contributed by atoms with E-state index < -0.39 is 0 Å². The quantitative estimate of drug-likeness (QED) is 0.265. The average Bonchev–Trinajstić information content (AvgIpc) is 2.91. The summed E-state index contributed by atoms with van der Waals surface area (Å²) in [7, 11) is 0. The lowest BCUT2D eigenvalue weighted by Gasteiger charge is -2.29. The molecular weight excluding hydrogens is 438 g/mol. The second kappa shape index (κ2) is 7.85. The average molecular weight is 457 g/mol. The molecular formula is C30H19NO4. The van der Waals surface area contributed by atoms with Gasteiger partial charge in [-0.1, -0.05) is 42.5 Å². The Morgan fingerprint density at radius 1 is 0.314 bits per heavy atom. The summed E-state index contributed by atoms with van der Waals surface area (Å²) in [4.78, 5) is 2.15. The van der Waals surface area contributed by atoms with Crippen LogP contribution in [-0.2, 0) is 0 Å². The Kier molecular flexibility index (Phi) is 4.39. The number of nitrogens with zero attached hydrogens (tertiary/aromatic N) is 1. The summed E-state index contributed by atoms with van der Waals surface area (Å²) in [6.45, 7) is 0. The highest BCUT2D eigenvalue weighted by molar-refractivity contribution is 5.80. The van der Waals surface area contributed by atoms with Gasteiger partial charge in [0.15, 0.2) is 46.0 Å². The topological polar surface area (TPSA) is 40.2 Å².